The molecule has 0 aromatic heterocycles. The lowest BCUT2D eigenvalue weighted by atomic mass is 10.2. The van der Waals surface area contributed by atoms with Crippen LogP contribution in [0.5, 0.6) is 0 Å². The zero-order valence-corrected chi connectivity index (χ0v) is 7.53. The minimum Gasteiger partial charge on any atom is -0.290 e. The summed E-state index contributed by atoms with van der Waals surface area (Å²) in [6.45, 7) is 0. The smallest absolute Gasteiger partial charge is 0.265 e. The van der Waals surface area contributed by atoms with Crippen molar-refractivity contribution in [3.05, 3.63) is 48.0 Å². The molecule has 0 saturated heterocycles. The normalized spacial score (nSPS) is 10.1. The molecule has 0 aromatic rings. The molecule has 1 amide bonds. The van der Waals surface area contributed by atoms with E-state index in [1.54, 1.807) is 0 Å². The van der Waals surface area contributed by atoms with Gasteiger partial charge in [0.1, 0.15) is 0 Å². The van der Waals surface area contributed by atoms with Crippen molar-refractivity contribution in [3.63, 3.8) is 0 Å². The number of nitrogen functional groups attached to an aromatic ring is 1. The van der Waals surface area contributed by atoms with Crippen LogP contribution in [0.3, 0.4) is 0 Å². The van der Waals surface area contributed by atoms with Gasteiger partial charge in [-0.1, -0.05) is 30.3 Å². The molecule has 2 aliphatic rings. The van der Waals surface area contributed by atoms with E-state index in [2.05, 4.69) is 5.43 Å². The third-order valence-electron chi connectivity index (χ3n) is 2.12. The van der Waals surface area contributed by atoms with E-state index in [9.17, 15) is 4.79 Å². The summed E-state index contributed by atoms with van der Waals surface area (Å²) in [4.78, 5) is 11.2. The van der Waals surface area contributed by atoms with Gasteiger partial charge in [-0.3, -0.25) is 10.2 Å². The molecule has 0 aromatic carbocycles. The van der Waals surface area contributed by atoms with Gasteiger partial charge in [-0.05, 0) is 23.3 Å². The molecule has 3 N–H and O–H groups in total. The first-order chi connectivity index (χ1) is 6.81. The molecule has 70 valence electrons. The molecule has 0 fully saturated rings. The van der Waals surface area contributed by atoms with Gasteiger partial charge in [0.05, 0.1) is 0 Å². The minimum atomic E-state index is -0.260. The maximum Gasteiger partial charge on any atom is 0.265 e. The Morgan fingerprint density at radius 3 is 2.14 bits per heavy atom. The zero-order valence-electron chi connectivity index (χ0n) is 7.53. The summed E-state index contributed by atoms with van der Waals surface area (Å²) < 4.78 is 0. The Morgan fingerprint density at radius 2 is 1.64 bits per heavy atom. The van der Waals surface area contributed by atoms with Crippen LogP contribution in [0.4, 0.5) is 0 Å². The predicted molar refractivity (Wildman–Crippen MR) is 54.7 cm³/mol. The fourth-order valence-corrected chi connectivity index (χ4v) is 1.43. The van der Waals surface area contributed by atoms with Gasteiger partial charge < -0.3 is 0 Å². The second-order valence-electron chi connectivity index (χ2n) is 3.04. The van der Waals surface area contributed by atoms with Gasteiger partial charge in [0.25, 0.3) is 5.91 Å². The van der Waals surface area contributed by atoms with E-state index in [0.717, 1.165) is 11.1 Å². The Kier molecular flexibility index (Phi) is 2.16. The van der Waals surface area contributed by atoms with Gasteiger partial charge >= 0.3 is 0 Å². The average molecular weight is 186 g/mol. The maximum atomic E-state index is 11.2. The van der Waals surface area contributed by atoms with E-state index in [1.807, 2.05) is 42.5 Å². The summed E-state index contributed by atoms with van der Waals surface area (Å²) >= 11 is 0. The summed E-state index contributed by atoms with van der Waals surface area (Å²) in [5, 5.41) is 0. The molecule has 0 atom stereocenters. The van der Waals surface area contributed by atoms with E-state index in [-0.39, 0.29) is 5.91 Å². The third kappa shape index (κ3) is 1.45. The highest BCUT2D eigenvalue weighted by Gasteiger charge is 2.09. The first-order valence-corrected chi connectivity index (χ1v) is 4.31. The van der Waals surface area contributed by atoms with Crippen molar-refractivity contribution in [2.75, 3.05) is 0 Å². The van der Waals surface area contributed by atoms with Gasteiger partial charge in [0.15, 0.2) is 0 Å². The SMILES string of the molecule is NNC(=O)c1cc2cccccc-2c1. The summed E-state index contributed by atoms with van der Waals surface area (Å²) in [7, 11) is 0. The van der Waals surface area contributed by atoms with Crippen LogP contribution in [-0.2, 0) is 0 Å². The topological polar surface area (TPSA) is 55.1 Å². The van der Waals surface area contributed by atoms with Gasteiger partial charge in [-0.15, -0.1) is 0 Å². The highest BCUT2D eigenvalue weighted by molar-refractivity contribution is 5.97. The lowest BCUT2D eigenvalue weighted by molar-refractivity contribution is 0.0954. The fourth-order valence-electron chi connectivity index (χ4n) is 1.43. The van der Waals surface area contributed by atoms with Crippen molar-refractivity contribution in [2.45, 2.75) is 0 Å². The van der Waals surface area contributed by atoms with Crippen LogP contribution in [0.15, 0.2) is 42.5 Å². The van der Waals surface area contributed by atoms with Gasteiger partial charge in [0.2, 0.25) is 0 Å². The number of nitrogens with one attached hydrogen (secondary N) is 1. The van der Waals surface area contributed by atoms with Crippen LogP contribution in [0.25, 0.3) is 11.1 Å². The number of carbonyl (C=O) groups is 1. The molecule has 0 unspecified atom stereocenters. The first kappa shape index (κ1) is 8.72. The first-order valence-electron chi connectivity index (χ1n) is 4.31. The van der Waals surface area contributed by atoms with Crippen LogP contribution < -0.4 is 11.3 Å². The number of hydrazine groups is 1. The highest BCUT2D eigenvalue weighted by Crippen LogP contribution is 2.24. The molecule has 0 bridgehead atoms. The van der Waals surface area contributed by atoms with Crippen LogP contribution in [0.2, 0.25) is 0 Å². The third-order valence-corrected chi connectivity index (χ3v) is 2.12. The van der Waals surface area contributed by atoms with Crippen molar-refractivity contribution < 1.29 is 4.79 Å². The summed E-state index contributed by atoms with van der Waals surface area (Å²) in [6.07, 6.45) is 0. The van der Waals surface area contributed by atoms with Crippen LogP contribution >= 0.6 is 0 Å². The molecule has 2 aliphatic carbocycles. The van der Waals surface area contributed by atoms with Gasteiger partial charge in [0, 0.05) is 5.56 Å². The Hall–Kier alpha value is -1.87. The monoisotopic (exact) mass is 186 g/mol. The number of fused-ring (bicyclic) bond motifs is 1. The number of carbonyl (C=O) groups excluding carboxylic acids is 1. The molecule has 0 heterocycles. The number of hydrogen-bond donors (Lipinski definition) is 2. The standard InChI is InChI=1S/C11H10N2O/c12-13-11(14)10-6-8-4-2-1-3-5-9(8)7-10/h1-7H,12H2,(H,13,14). The average Bonchev–Trinajstić information content (AvgIpc) is 2.49. The van der Waals surface area contributed by atoms with Gasteiger partial charge in [-0.25, -0.2) is 5.84 Å². The molecular weight excluding hydrogens is 176 g/mol. The molecule has 14 heavy (non-hydrogen) atoms. The van der Waals surface area contributed by atoms with E-state index in [1.165, 1.54) is 0 Å². The molecule has 0 radical (unpaired) electrons. The second kappa shape index (κ2) is 3.47. The fraction of sp³-hybridized carbons (Fsp3) is 0. The molecular formula is C11H10N2O. The lowest BCUT2D eigenvalue weighted by Crippen LogP contribution is -2.29. The van der Waals surface area contributed by atoms with Crippen molar-refractivity contribution in [3.8, 4) is 11.1 Å². The molecule has 3 heteroatoms. The second-order valence-corrected chi connectivity index (χ2v) is 3.04. The van der Waals surface area contributed by atoms with E-state index in [0.29, 0.717) is 5.56 Å². The molecule has 0 saturated carbocycles. The number of rotatable bonds is 1. The predicted octanol–water partition coefficient (Wildman–Crippen LogP) is 1.39. The quantitative estimate of drug-likeness (QED) is 0.402. The molecule has 0 aliphatic heterocycles. The molecule has 3 nitrogen and oxygen atoms in total. The van der Waals surface area contributed by atoms with Crippen molar-refractivity contribution in [1.29, 1.82) is 0 Å². The summed E-state index contributed by atoms with van der Waals surface area (Å²) in [6, 6.07) is 13.4. The van der Waals surface area contributed by atoms with Gasteiger partial charge in [-0.2, -0.15) is 0 Å². The Balaban J connectivity index is 2.53. The maximum absolute atomic E-state index is 11.2. The number of hydrogen-bond acceptors (Lipinski definition) is 2. The van der Waals surface area contributed by atoms with E-state index in [4.69, 9.17) is 5.84 Å². The zero-order chi connectivity index (χ0) is 9.97. The van der Waals surface area contributed by atoms with Crippen LogP contribution in [0.1, 0.15) is 10.4 Å². The number of nitrogens with two attached hydrogens (primary N) is 1. The van der Waals surface area contributed by atoms with Crippen molar-refractivity contribution in [1.82, 2.24) is 5.43 Å². The Morgan fingerprint density at radius 1 is 1.07 bits per heavy atom. The van der Waals surface area contributed by atoms with E-state index >= 15 is 0 Å². The summed E-state index contributed by atoms with van der Waals surface area (Å²) in [5.41, 5.74) is 4.77. The number of amides is 1. The van der Waals surface area contributed by atoms with Crippen molar-refractivity contribution in [2.24, 2.45) is 5.84 Å². The summed E-state index contributed by atoms with van der Waals surface area (Å²) in [5.74, 6) is 4.79. The largest absolute Gasteiger partial charge is 0.290 e. The minimum absolute atomic E-state index is 0.260. The molecule has 2 rings (SSSR count). The lowest BCUT2D eigenvalue weighted by Gasteiger charge is -1.91. The Labute approximate surface area is 81.9 Å². The Bertz CT molecular complexity index is 409. The van der Waals surface area contributed by atoms with Crippen LogP contribution in [0, 0.1) is 0 Å². The van der Waals surface area contributed by atoms with E-state index < -0.39 is 0 Å². The molecule has 0 spiro atoms. The highest BCUT2D eigenvalue weighted by atomic mass is 16.2. The van der Waals surface area contributed by atoms with Crippen LogP contribution in [-0.4, -0.2) is 5.91 Å². The van der Waals surface area contributed by atoms with Crippen molar-refractivity contribution >= 4 is 5.91 Å².